The van der Waals surface area contributed by atoms with Crippen molar-refractivity contribution in [3.05, 3.63) is 53.6 Å². The second-order valence-electron chi connectivity index (χ2n) is 5.92. The third-order valence-corrected chi connectivity index (χ3v) is 3.66. The van der Waals surface area contributed by atoms with Crippen LogP contribution in [0.4, 0.5) is 11.4 Å². The highest BCUT2D eigenvalue weighted by molar-refractivity contribution is 6.30. The Morgan fingerprint density at radius 1 is 0.957 bits per heavy atom. The third-order valence-electron chi connectivity index (χ3n) is 3.43. The molecule has 2 rings (SSSR count). The van der Waals surface area contributed by atoms with Crippen molar-refractivity contribution in [3.8, 4) is 5.75 Å². The Hall–Kier alpha value is -1.87. The van der Waals surface area contributed by atoms with Gasteiger partial charge in [-0.3, -0.25) is 0 Å². The summed E-state index contributed by atoms with van der Waals surface area (Å²) < 4.78 is 5.71. The highest BCUT2D eigenvalue weighted by Gasteiger charge is 1.98. The van der Waals surface area contributed by atoms with E-state index in [-0.39, 0.29) is 0 Å². The van der Waals surface area contributed by atoms with Crippen LogP contribution in [0.3, 0.4) is 0 Å². The number of halogens is 1. The number of ether oxygens (including phenoxy) is 1. The topological polar surface area (TPSA) is 33.3 Å². The van der Waals surface area contributed by atoms with E-state index in [9.17, 15) is 0 Å². The molecule has 0 heterocycles. The van der Waals surface area contributed by atoms with Crippen molar-refractivity contribution in [1.82, 2.24) is 0 Å². The molecule has 0 bridgehead atoms. The number of hydrogen-bond acceptors (Lipinski definition) is 3. The minimum atomic E-state index is 0.669. The van der Waals surface area contributed by atoms with E-state index in [1.54, 1.807) is 0 Å². The van der Waals surface area contributed by atoms with Gasteiger partial charge in [0.25, 0.3) is 0 Å². The fourth-order valence-electron chi connectivity index (χ4n) is 2.09. The predicted molar refractivity (Wildman–Crippen MR) is 99.8 cm³/mol. The first-order chi connectivity index (χ1) is 11.1. The van der Waals surface area contributed by atoms with E-state index >= 15 is 0 Å². The van der Waals surface area contributed by atoms with Gasteiger partial charge in [0.1, 0.15) is 5.75 Å². The summed E-state index contributed by atoms with van der Waals surface area (Å²) in [7, 11) is 0. The highest BCUT2D eigenvalue weighted by Crippen LogP contribution is 2.17. The molecule has 0 saturated heterocycles. The number of rotatable bonds is 9. The van der Waals surface area contributed by atoms with Crippen molar-refractivity contribution < 1.29 is 4.74 Å². The lowest BCUT2D eigenvalue weighted by molar-refractivity contribution is 0.289. The molecule has 124 valence electrons. The molecule has 2 aromatic carbocycles. The zero-order valence-corrected chi connectivity index (χ0v) is 14.6. The van der Waals surface area contributed by atoms with Gasteiger partial charge in [-0.05, 0) is 54.8 Å². The standard InChI is InChI=1S/C19H25ClN2O/c1-15(2)10-13-23-19-8-6-17(7-9-19)21-11-12-22-18-5-3-4-16(20)14-18/h3-9,14-15,21-22H,10-13H2,1-2H3. The van der Waals surface area contributed by atoms with Gasteiger partial charge in [-0.15, -0.1) is 0 Å². The fourth-order valence-corrected chi connectivity index (χ4v) is 2.28. The molecule has 4 heteroatoms. The Morgan fingerprint density at radius 3 is 2.30 bits per heavy atom. The minimum Gasteiger partial charge on any atom is -0.494 e. The zero-order valence-electron chi connectivity index (χ0n) is 13.8. The van der Waals surface area contributed by atoms with E-state index in [2.05, 4.69) is 24.5 Å². The zero-order chi connectivity index (χ0) is 16.5. The molecule has 0 saturated carbocycles. The van der Waals surface area contributed by atoms with Crippen molar-refractivity contribution in [2.24, 2.45) is 5.92 Å². The van der Waals surface area contributed by atoms with Crippen molar-refractivity contribution >= 4 is 23.0 Å². The maximum absolute atomic E-state index is 5.95. The van der Waals surface area contributed by atoms with Crippen LogP contribution >= 0.6 is 11.6 Å². The molecule has 0 unspecified atom stereocenters. The maximum Gasteiger partial charge on any atom is 0.119 e. The van der Waals surface area contributed by atoms with E-state index in [0.717, 1.165) is 48.3 Å². The van der Waals surface area contributed by atoms with Crippen LogP contribution < -0.4 is 15.4 Å². The van der Waals surface area contributed by atoms with E-state index in [0.29, 0.717) is 5.92 Å². The summed E-state index contributed by atoms with van der Waals surface area (Å²) in [6.07, 6.45) is 1.08. The lowest BCUT2D eigenvalue weighted by Gasteiger charge is -2.11. The Balaban J connectivity index is 1.67. The number of hydrogen-bond donors (Lipinski definition) is 2. The average molecular weight is 333 g/mol. The summed E-state index contributed by atoms with van der Waals surface area (Å²) in [5, 5.41) is 7.46. The van der Waals surface area contributed by atoms with Crippen LogP contribution in [0, 0.1) is 5.92 Å². The molecule has 2 N–H and O–H groups in total. The lowest BCUT2D eigenvalue weighted by Crippen LogP contribution is -2.13. The van der Waals surface area contributed by atoms with Crippen LogP contribution in [0.5, 0.6) is 5.75 Å². The van der Waals surface area contributed by atoms with Gasteiger partial charge < -0.3 is 15.4 Å². The van der Waals surface area contributed by atoms with Gasteiger partial charge >= 0.3 is 0 Å². The molecule has 0 aromatic heterocycles. The van der Waals surface area contributed by atoms with E-state index in [1.165, 1.54) is 0 Å². The van der Waals surface area contributed by atoms with Crippen LogP contribution in [0.2, 0.25) is 5.02 Å². The van der Waals surface area contributed by atoms with Gasteiger partial charge in [0.05, 0.1) is 6.61 Å². The van der Waals surface area contributed by atoms with Gasteiger partial charge in [-0.1, -0.05) is 31.5 Å². The molecule has 3 nitrogen and oxygen atoms in total. The van der Waals surface area contributed by atoms with Crippen LogP contribution in [0.15, 0.2) is 48.5 Å². The van der Waals surface area contributed by atoms with E-state index in [4.69, 9.17) is 16.3 Å². The van der Waals surface area contributed by atoms with E-state index < -0.39 is 0 Å². The normalized spacial score (nSPS) is 10.6. The van der Waals surface area contributed by atoms with Crippen molar-refractivity contribution in [1.29, 1.82) is 0 Å². The molecule has 0 aliphatic rings. The third kappa shape index (κ3) is 6.83. The molecular formula is C19H25ClN2O. The van der Waals surface area contributed by atoms with Gasteiger partial charge in [0.2, 0.25) is 0 Å². The summed E-state index contributed by atoms with van der Waals surface area (Å²) in [5.74, 6) is 1.59. The van der Waals surface area contributed by atoms with Crippen LogP contribution in [0.25, 0.3) is 0 Å². The van der Waals surface area contributed by atoms with Gasteiger partial charge in [-0.2, -0.15) is 0 Å². The molecule has 0 fully saturated rings. The number of benzene rings is 2. The van der Waals surface area contributed by atoms with Crippen LogP contribution in [-0.4, -0.2) is 19.7 Å². The summed E-state index contributed by atoms with van der Waals surface area (Å²) >= 11 is 5.95. The van der Waals surface area contributed by atoms with Crippen molar-refractivity contribution in [2.45, 2.75) is 20.3 Å². The lowest BCUT2D eigenvalue weighted by atomic mass is 10.1. The molecule has 23 heavy (non-hydrogen) atoms. The molecule has 0 aliphatic carbocycles. The Kier molecular flexibility index (Phi) is 7.08. The highest BCUT2D eigenvalue weighted by atomic mass is 35.5. The molecule has 0 spiro atoms. The average Bonchev–Trinajstić information content (AvgIpc) is 2.53. The monoisotopic (exact) mass is 332 g/mol. The largest absolute Gasteiger partial charge is 0.494 e. The maximum atomic E-state index is 5.95. The molecule has 0 amide bonds. The summed E-state index contributed by atoms with van der Waals surface area (Å²) in [5.41, 5.74) is 2.13. The SMILES string of the molecule is CC(C)CCOc1ccc(NCCNc2cccc(Cl)c2)cc1. The first-order valence-electron chi connectivity index (χ1n) is 8.09. The second kappa shape index (κ2) is 9.31. The minimum absolute atomic E-state index is 0.669. The van der Waals surface area contributed by atoms with Crippen LogP contribution in [0.1, 0.15) is 20.3 Å². The predicted octanol–water partition coefficient (Wildman–Crippen LogP) is 5.29. The van der Waals surface area contributed by atoms with Gasteiger partial charge in [0, 0.05) is 29.5 Å². The first kappa shape index (κ1) is 17.5. The summed E-state index contributed by atoms with van der Waals surface area (Å²) in [6.45, 7) is 6.84. The molecular weight excluding hydrogens is 308 g/mol. The fraction of sp³-hybridized carbons (Fsp3) is 0.368. The van der Waals surface area contributed by atoms with Crippen molar-refractivity contribution in [2.75, 3.05) is 30.3 Å². The molecule has 0 aliphatic heterocycles. The molecule has 0 radical (unpaired) electrons. The van der Waals surface area contributed by atoms with Crippen LogP contribution in [-0.2, 0) is 0 Å². The Labute approximate surface area is 144 Å². The smallest absolute Gasteiger partial charge is 0.119 e. The quantitative estimate of drug-likeness (QED) is 0.612. The number of anilines is 2. The Bertz CT molecular complexity index is 584. The van der Waals surface area contributed by atoms with Gasteiger partial charge in [0.15, 0.2) is 0 Å². The summed E-state index contributed by atoms with van der Waals surface area (Å²) in [6, 6.07) is 15.8. The Morgan fingerprint density at radius 2 is 1.65 bits per heavy atom. The number of nitrogens with one attached hydrogen (secondary N) is 2. The molecule has 2 aromatic rings. The van der Waals surface area contributed by atoms with Gasteiger partial charge in [-0.25, -0.2) is 0 Å². The van der Waals surface area contributed by atoms with E-state index in [1.807, 2.05) is 48.5 Å². The van der Waals surface area contributed by atoms with Crippen molar-refractivity contribution in [3.63, 3.8) is 0 Å². The second-order valence-corrected chi connectivity index (χ2v) is 6.36. The first-order valence-corrected chi connectivity index (χ1v) is 8.47. The summed E-state index contributed by atoms with van der Waals surface area (Å²) in [4.78, 5) is 0. The molecule has 0 atom stereocenters.